The molecule has 0 spiro atoms. The second-order valence-electron chi connectivity index (χ2n) is 5.19. The van der Waals surface area contributed by atoms with Gasteiger partial charge in [0.2, 0.25) is 5.91 Å². The average molecular weight is 296 g/mol. The molecule has 1 atom stereocenters. The van der Waals surface area contributed by atoms with Crippen molar-refractivity contribution < 1.29 is 9.53 Å². The van der Waals surface area contributed by atoms with Crippen molar-refractivity contribution in [3.05, 3.63) is 32.6 Å². The lowest BCUT2D eigenvalue weighted by Crippen LogP contribution is -2.52. The molecule has 0 aliphatic carbocycles. The number of aryl methyl sites for hydroxylation is 1. The second kappa shape index (κ2) is 6.23. The number of rotatable bonds is 3. The number of nitrogens with zero attached hydrogens (tertiary/aromatic N) is 3. The van der Waals surface area contributed by atoms with Crippen molar-refractivity contribution in [2.75, 3.05) is 26.8 Å². The molecule has 1 aromatic heterocycles. The summed E-state index contributed by atoms with van der Waals surface area (Å²) in [5.41, 5.74) is -0.377. The summed E-state index contributed by atoms with van der Waals surface area (Å²) >= 11 is 0. The van der Waals surface area contributed by atoms with Crippen LogP contribution in [0.3, 0.4) is 0 Å². The monoisotopic (exact) mass is 296 g/mol. The molecule has 2 heterocycles. The summed E-state index contributed by atoms with van der Waals surface area (Å²) in [7, 11) is 4.62. The van der Waals surface area contributed by atoms with Gasteiger partial charge in [-0.3, -0.25) is 14.2 Å². The minimum atomic E-state index is -0.389. The van der Waals surface area contributed by atoms with Gasteiger partial charge in [-0.2, -0.15) is 0 Å². The maximum atomic E-state index is 12.3. The van der Waals surface area contributed by atoms with Crippen LogP contribution in [-0.2, 0) is 30.2 Å². The molecule has 1 unspecified atom stereocenters. The van der Waals surface area contributed by atoms with Crippen molar-refractivity contribution in [1.82, 2.24) is 19.4 Å². The Balaban J connectivity index is 2.16. The summed E-state index contributed by atoms with van der Waals surface area (Å²) in [6.07, 6.45) is 1.47. The largest absolute Gasteiger partial charge is 0.378 e. The molecule has 0 saturated carbocycles. The first-order chi connectivity index (χ1) is 9.91. The summed E-state index contributed by atoms with van der Waals surface area (Å²) in [6, 6.07) is -0.389. The lowest BCUT2D eigenvalue weighted by atomic mass is 10.2. The van der Waals surface area contributed by atoms with E-state index in [9.17, 15) is 14.4 Å². The summed E-state index contributed by atoms with van der Waals surface area (Å²) in [5.74, 6) is -0.134. The van der Waals surface area contributed by atoms with Gasteiger partial charge in [0.1, 0.15) is 6.04 Å². The Morgan fingerprint density at radius 1 is 1.48 bits per heavy atom. The van der Waals surface area contributed by atoms with Crippen LogP contribution in [0.25, 0.3) is 0 Å². The lowest BCUT2D eigenvalue weighted by molar-refractivity contribution is -0.135. The van der Waals surface area contributed by atoms with E-state index in [-0.39, 0.29) is 29.7 Å². The first-order valence-electron chi connectivity index (χ1n) is 6.73. The lowest BCUT2D eigenvalue weighted by Gasteiger charge is -2.27. The third kappa shape index (κ3) is 3.22. The van der Waals surface area contributed by atoms with Crippen LogP contribution in [0.1, 0.15) is 5.56 Å². The SMILES string of the molecule is CN(Cc1cn(C)c(=O)n(C)c1=O)C(=O)C1COCCN1. The number of nitrogens with one attached hydrogen (secondary N) is 1. The second-order valence-corrected chi connectivity index (χ2v) is 5.19. The molecular formula is C13H20N4O4. The number of carbonyl (C=O) groups excluding carboxylic acids is 1. The predicted octanol–water partition coefficient (Wildman–Crippen LogP) is -1.97. The quantitative estimate of drug-likeness (QED) is 0.699. The highest BCUT2D eigenvalue weighted by Gasteiger charge is 2.25. The zero-order chi connectivity index (χ0) is 15.6. The van der Waals surface area contributed by atoms with Crippen LogP contribution >= 0.6 is 0 Å². The number of aromatic nitrogens is 2. The van der Waals surface area contributed by atoms with Crippen LogP contribution in [0.4, 0.5) is 0 Å². The summed E-state index contributed by atoms with van der Waals surface area (Å²) in [5, 5.41) is 3.08. The van der Waals surface area contributed by atoms with Crippen LogP contribution in [-0.4, -0.2) is 52.8 Å². The maximum absolute atomic E-state index is 12.3. The molecule has 21 heavy (non-hydrogen) atoms. The molecule has 2 rings (SSSR count). The van der Waals surface area contributed by atoms with Crippen LogP contribution in [0.2, 0.25) is 0 Å². The third-order valence-electron chi connectivity index (χ3n) is 3.52. The Labute approximate surface area is 121 Å². The zero-order valence-electron chi connectivity index (χ0n) is 12.5. The van der Waals surface area contributed by atoms with Crippen LogP contribution in [0.15, 0.2) is 15.8 Å². The molecule has 1 saturated heterocycles. The number of ether oxygens (including phenoxy) is 1. The fourth-order valence-electron chi connectivity index (χ4n) is 2.32. The van der Waals surface area contributed by atoms with Gasteiger partial charge in [0.05, 0.1) is 25.3 Å². The first kappa shape index (κ1) is 15.5. The number of amides is 1. The van der Waals surface area contributed by atoms with Gasteiger partial charge >= 0.3 is 5.69 Å². The molecule has 0 radical (unpaired) electrons. The Hall–Kier alpha value is -1.93. The van der Waals surface area contributed by atoms with E-state index in [0.717, 1.165) is 4.57 Å². The molecule has 116 valence electrons. The third-order valence-corrected chi connectivity index (χ3v) is 3.52. The normalized spacial score (nSPS) is 18.5. The van der Waals surface area contributed by atoms with E-state index in [1.165, 1.54) is 22.7 Å². The number of likely N-dealkylation sites (N-methyl/N-ethyl adjacent to an activating group) is 1. The topological polar surface area (TPSA) is 85.6 Å². The molecule has 1 fully saturated rings. The standard InChI is InChI=1S/C13H20N4O4/c1-15(12(19)10-8-21-5-4-14-10)6-9-7-16(2)13(20)17(3)11(9)18/h7,10,14H,4-6,8H2,1-3H3. The van der Waals surface area contributed by atoms with Gasteiger partial charge in [0.15, 0.2) is 0 Å². The molecular weight excluding hydrogens is 276 g/mol. The van der Waals surface area contributed by atoms with Crippen LogP contribution in [0.5, 0.6) is 0 Å². The fraction of sp³-hybridized carbons (Fsp3) is 0.615. The summed E-state index contributed by atoms with van der Waals surface area (Å²) in [4.78, 5) is 37.4. The summed E-state index contributed by atoms with van der Waals surface area (Å²) in [6.45, 7) is 1.70. The molecule has 1 amide bonds. The zero-order valence-corrected chi connectivity index (χ0v) is 12.5. The van der Waals surface area contributed by atoms with Crippen molar-refractivity contribution in [1.29, 1.82) is 0 Å². The molecule has 8 nitrogen and oxygen atoms in total. The highest BCUT2D eigenvalue weighted by atomic mass is 16.5. The highest BCUT2D eigenvalue weighted by Crippen LogP contribution is 2.02. The van der Waals surface area contributed by atoms with Crippen molar-refractivity contribution >= 4 is 5.91 Å². The van der Waals surface area contributed by atoms with E-state index >= 15 is 0 Å². The molecule has 0 aromatic carbocycles. The number of hydrogen-bond donors (Lipinski definition) is 1. The Bertz CT molecular complexity index is 643. The molecule has 1 aliphatic rings. The minimum absolute atomic E-state index is 0.134. The van der Waals surface area contributed by atoms with E-state index in [4.69, 9.17) is 4.74 Å². The van der Waals surface area contributed by atoms with Crippen LogP contribution < -0.4 is 16.6 Å². The van der Waals surface area contributed by atoms with E-state index < -0.39 is 0 Å². The average Bonchev–Trinajstić information content (AvgIpc) is 2.50. The van der Waals surface area contributed by atoms with E-state index in [1.54, 1.807) is 14.1 Å². The van der Waals surface area contributed by atoms with E-state index in [2.05, 4.69) is 5.32 Å². The molecule has 8 heteroatoms. The first-order valence-corrected chi connectivity index (χ1v) is 6.73. The van der Waals surface area contributed by atoms with Crippen molar-refractivity contribution in [3.8, 4) is 0 Å². The smallest absolute Gasteiger partial charge is 0.330 e. The summed E-state index contributed by atoms with van der Waals surface area (Å²) < 4.78 is 7.63. The Kier molecular flexibility index (Phi) is 4.59. The Morgan fingerprint density at radius 3 is 2.81 bits per heavy atom. The molecule has 1 aliphatic heterocycles. The van der Waals surface area contributed by atoms with Crippen molar-refractivity contribution in [3.63, 3.8) is 0 Å². The van der Waals surface area contributed by atoms with Gasteiger partial charge < -0.3 is 19.5 Å². The number of carbonyl (C=O) groups is 1. The molecule has 1 aromatic rings. The van der Waals surface area contributed by atoms with E-state index in [0.29, 0.717) is 25.3 Å². The number of morpholine rings is 1. The molecule has 1 N–H and O–H groups in total. The fourth-order valence-corrected chi connectivity index (χ4v) is 2.32. The highest BCUT2D eigenvalue weighted by molar-refractivity contribution is 5.81. The van der Waals surface area contributed by atoms with Gasteiger partial charge in [-0.25, -0.2) is 4.79 Å². The minimum Gasteiger partial charge on any atom is -0.378 e. The van der Waals surface area contributed by atoms with Gasteiger partial charge in [-0.1, -0.05) is 0 Å². The van der Waals surface area contributed by atoms with Crippen LogP contribution in [0, 0.1) is 0 Å². The van der Waals surface area contributed by atoms with Gasteiger partial charge in [-0.05, 0) is 0 Å². The van der Waals surface area contributed by atoms with Gasteiger partial charge in [0.25, 0.3) is 5.56 Å². The Morgan fingerprint density at radius 2 is 2.19 bits per heavy atom. The molecule has 0 bridgehead atoms. The van der Waals surface area contributed by atoms with E-state index in [1.807, 2.05) is 0 Å². The maximum Gasteiger partial charge on any atom is 0.330 e. The van der Waals surface area contributed by atoms with Crippen molar-refractivity contribution in [2.24, 2.45) is 14.1 Å². The number of hydrogen-bond acceptors (Lipinski definition) is 5. The predicted molar refractivity (Wildman–Crippen MR) is 76.0 cm³/mol. The van der Waals surface area contributed by atoms with Gasteiger partial charge in [0, 0.05) is 33.9 Å². The van der Waals surface area contributed by atoms with Crippen molar-refractivity contribution in [2.45, 2.75) is 12.6 Å². The van der Waals surface area contributed by atoms with Gasteiger partial charge in [-0.15, -0.1) is 0 Å².